The second-order valence-corrected chi connectivity index (χ2v) is 3.45. The van der Waals surface area contributed by atoms with E-state index in [1.165, 1.54) is 7.11 Å². The molecular weight excluding hydrogens is 206 g/mol. The van der Waals surface area contributed by atoms with Crippen molar-refractivity contribution in [3.63, 3.8) is 0 Å². The minimum Gasteiger partial charge on any atom is -0.504 e. The van der Waals surface area contributed by atoms with Crippen molar-refractivity contribution in [1.82, 2.24) is 0 Å². The van der Waals surface area contributed by atoms with Gasteiger partial charge in [0.2, 0.25) is 0 Å². The Balaban J connectivity index is 2.81. The largest absolute Gasteiger partial charge is 0.504 e. The summed E-state index contributed by atoms with van der Waals surface area (Å²) >= 11 is 0. The van der Waals surface area contributed by atoms with E-state index in [0.717, 1.165) is 12.0 Å². The molecule has 1 unspecified atom stereocenters. The van der Waals surface area contributed by atoms with Crippen molar-refractivity contribution in [2.75, 3.05) is 13.7 Å². The van der Waals surface area contributed by atoms with Crippen LogP contribution in [0.5, 0.6) is 11.5 Å². The third-order valence-electron chi connectivity index (χ3n) is 2.32. The molecule has 4 nitrogen and oxygen atoms in total. The number of aromatic hydroxyl groups is 1. The second-order valence-electron chi connectivity index (χ2n) is 3.45. The fourth-order valence-corrected chi connectivity index (χ4v) is 1.25. The number of ether oxygens (including phenoxy) is 1. The molecule has 1 aromatic rings. The van der Waals surface area contributed by atoms with Crippen LogP contribution in [-0.2, 0) is 0 Å². The molecule has 1 rings (SSSR count). The van der Waals surface area contributed by atoms with E-state index in [1.807, 2.05) is 6.92 Å². The minimum atomic E-state index is -0.0696. The number of aliphatic hydroxyl groups is 1. The fraction of sp³-hybridized carbons (Fsp3) is 0.417. The Labute approximate surface area is 95.2 Å². The zero-order valence-corrected chi connectivity index (χ0v) is 9.55. The maximum Gasteiger partial charge on any atom is 0.161 e. The molecule has 2 N–H and O–H groups in total. The van der Waals surface area contributed by atoms with Gasteiger partial charge in [-0.1, -0.05) is 6.92 Å². The minimum absolute atomic E-state index is 0.0439. The summed E-state index contributed by atoms with van der Waals surface area (Å²) in [6.07, 6.45) is 2.47. The highest BCUT2D eigenvalue weighted by Crippen LogP contribution is 2.25. The van der Waals surface area contributed by atoms with Crippen LogP contribution in [0.1, 0.15) is 18.9 Å². The third kappa shape index (κ3) is 3.24. The lowest BCUT2D eigenvalue weighted by atomic mass is 10.2. The van der Waals surface area contributed by atoms with Gasteiger partial charge in [-0.2, -0.15) is 0 Å². The summed E-state index contributed by atoms with van der Waals surface area (Å²) in [5.41, 5.74) is 0.835. The summed E-state index contributed by atoms with van der Waals surface area (Å²) < 4.78 is 4.98. The molecule has 0 heterocycles. The highest BCUT2D eigenvalue weighted by Gasteiger charge is 2.02. The Bertz CT molecular complexity index is 359. The number of phenolic OH excluding ortho intramolecular Hbond substituents is 1. The summed E-state index contributed by atoms with van der Waals surface area (Å²) in [6, 6.07) is 4.92. The Morgan fingerprint density at radius 3 is 2.81 bits per heavy atom. The smallest absolute Gasteiger partial charge is 0.161 e. The van der Waals surface area contributed by atoms with Crippen molar-refractivity contribution in [2.45, 2.75) is 19.4 Å². The van der Waals surface area contributed by atoms with Crippen LogP contribution in [-0.4, -0.2) is 36.2 Å². The van der Waals surface area contributed by atoms with Crippen molar-refractivity contribution < 1.29 is 14.9 Å². The van der Waals surface area contributed by atoms with Gasteiger partial charge in [-0.25, -0.2) is 0 Å². The number of aliphatic hydroxyl groups excluding tert-OH is 1. The highest BCUT2D eigenvalue weighted by molar-refractivity contribution is 5.81. The van der Waals surface area contributed by atoms with Gasteiger partial charge in [0.1, 0.15) is 0 Å². The van der Waals surface area contributed by atoms with Crippen LogP contribution >= 0.6 is 0 Å². The van der Waals surface area contributed by atoms with Gasteiger partial charge < -0.3 is 14.9 Å². The van der Waals surface area contributed by atoms with Crippen LogP contribution in [0.4, 0.5) is 0 Å². The van der Waals surface area contributed by atoms with E-state index in [9.17, 15) is 5.11 Å². The molecule has 1 aromatic carbocycles. The van der Waals surface area contributed by atoms with E-state index in [-0.39, 0.29) is 18.4 Å². The summed E-state index contributed by atoms with van der Waals surface area (Å²) in [5.74, 6) is 0.523. The Hall–Kier alpha value is -1.55. The van der Waals surface area contributed by atoms with Gasteiger partial charge in [-0.3, -0.25) is 4.99 Å². The number of phenols is 1. The molecule has 0 amide bonds. The van der Waals surface area contributed by atoms with Gasteiger partial charge >= 0.3 is 0 Å². The van der Waals surface area contributed by atoms with Crippen molar-refractivity contribution in [3.8, 4) is 11.5 Å². The first-order valence-electron chi connectivity index (χ1n) is 5.22. The summed E-state index contributed by atoms with van der Waals surface area (Å²) in [7, 11) is 1.50. The number of aliphatic imine (C=N–C) groups is 1. The number of rotatable bonds is 5. The predicted molar refractivity (Wildman–Crippen MR) is 63.4 cm³/mol. The van der Waals surface area contributed by atoms with E-state index in [1.54, 1.807) is 24.4 Å². The lowest BCUT2D eigenvalue weighted by Gasteiger charge is -2.06. The van der Waals surface area contributed by atoms with Crippen LogP contribution in [0.3, 0.4) is 0 Å². The van der Waals surface area contributed by atoms with Gasteiger partial charge in [0.25, 0.3) is 0 Å². The monoisotopic (exact) mass is 223 g/mol. The van der Waals surface area contributed by atoms with Crippen molar-refractivity contribution in [2.24, 2.45) is 4.99 Å². The molecule has 0 aliphatic rings. The molecular formula is C12H17NO3. The lowest BCUT2D eigenvalue weighted by Crippen LogP contribution is -2.08. The van der Waals surface area contributed by atoms with E-state index in [2.05, 4.69) is 4.99 Å². The molecule has 4 heteroatoms. The molecule has 0 aromatic heterocycles. The van der Waals surface area contributed by atoms with Gasteiger partial charge in [-0.05, 0) is 30.2 Å². The summed E-state index contributed by atoms with van der Waals surface area (Å²) in [4.78, 5) is 4.22. The van der Waals surface area contributed by atoms with E-state index in [4.69, 9.17) is 9.84 Å². The summed E-state index contributed by atoms with van der Waals surface area (Å²) in [6.45, 7) is 2.01. The van der Waals surface area contributed by atoms with E-state index < -0.39 is 0 Å². The number of hydrogen-bond donors (Lipinski definition) is 2. The maximum atomic E-state index is 9.40. The van der Waals surface area contributed by atoms with Crippen LogP contribution in [0.25, 0.3) is 0 Å². The molecule has 0 bridgehead atoms. The molecule has 1 atom stereocenters. The number of nitrogens with zero attached hydrogens (tertiary/aromatic N) is 1. The zero-order chi connectivity index (χ0) is 12.0. The molecule has 0 fully saturated rings. The van der Waals surface area contributed by atoms with Crippen LogP contribution < -0.4 is 4.74 Å². The van der Waals surface area contributed by atoms with Gasteiger partial charge in [-0.15, -0.1) is 0 Å². The first-order valence-corrected chi connectivity index (χ1v) is 5.22. The van der Waals surface area contributed by atoms with Gasteiger partial charge in [0.05, 0.1) is 19.8 Å². The first-order chi connectivity index (χ1) is 7.71. The Kier molecular flexibility index (Phi) is 4.79. The average Bonchev–Trinajstić information content (AvgIpc) is 2.32. The topological polar surface area (TPSA) is 62.1 Å². The lowest BCUT2D eigenvalue weighted by molar-refractivity contribution is 0.264. The Morgan fingerprint density at radius 2 is 2.25 bits per heavy atom. The number of methoxy groups -OCH3 is 1. The molecule has 0 saturated heterocycles. The van der Waals surface area contributed by atoms with Gasteiger partial charge in [0, 0.05) is 6.21 Å². The van der Waals surface area contributed by atoms with E-state index in [0.29, 0.717) is 5.75 Å². The number of benzene rings is 1. The van der Waals surface area contributed by atoms with Crippen LogP contribution in [0.15, 0.2) is 23.2 Å². The molecule has 0 aliphatic carbocycles. The molecule has 0 saturated carbocycles. The average molecular weight is 223 g/mol. The maximum absolute atomic E-state index is 9.40. The fourth-order valence-electron chi connectivity index (χ4n) is 1.25. The zero-order valence-electron chi connectivity index (χ0n) is 9.55. The van der Waals surface area contributed by atoms with E-state index >= 15 is 0 Å². The van der Waals surface area contributed by atoms with Crippen LogP contribution in [0.2, 0.25) is 0 Å². The summed E-state index contributed by atoms with van der Waals surface area (Å²) in [5, 5.41) is 18.4. The third-order valence-corrected chi connectivity index (χ3v) is 2.32. The standard InChI is InChI=1S/C12H17NO3/c1-3-10(8-14)13-7-9-4-5-11(15)12(6-9)16-2/h4-7,10,14-15H,3,8H2,1-2H3. The molecule has 0 spiro atoms. The molecule has 88 valence electrons. The highest BCUT2D eigenvalue weighted by atomic mass is 16.5. The Morgan fingerprint density at radius 1 is 1.50 bits per heavy atom. The van der Waals surface area contributed by atoms with Gasteiger partial charge in [0.15, 0.2) is 11.5 Å². The molecule has 16 heavy (non-hydrogen) atoms. The van der Waals surface area contributed by atoms with Crippen molar-refractivity contribution >= 4 is 6.21 Å². The SMILES string of the molecule is CCC(CO)N=Cc1ccc(O)c(OC)c1. The predicted octanol–water partition coefficient (Wildman–Crippen LogP) is 1.59. The quantitative estimate of drug-likeness (QED) is 0.745. The van der Waals surface area contributed by atoms with Crippen molar-refractivity contribution in [1.29, 1.82) is 0 Å². The van der Waals surface area contributed by atoms with Crippen LogP contribution in [0, 0.1) is 0 Å². The van der Waals surface area contributed by atoms with Crippen molar-refractivity contribution in [3.05, 3.63) is 23.8 Å². The normalized spacial score (nSPS) is 12.9. The molecule has 0 aliphatic heterocycles. The first kappa shape index (κ1) is 12.5. The molecule has 0 radical (unpaired) electrons. The number of hydrogen-bond acceptors (Lipinski definition) is 4. The second kappa shape index (κ2) is 6.12.